The molecule has 25 heavy (non-hydrogen) atoms. The molecular weight excluding hydrogens is 308 g/mol. The van der Waals surface area contributed by atoms with Crippen molar-refractivity contribution in [3.05, 3.63) is 48.0 Å². The molecule has 0 saturated carbocycles. The Bertz CT molecular complexity index is 706. The molecule has 1 N–H and O–H groups in total. The molecular formula is C22H30N2O. The van der Waals surface area contributed by atoms with E-state index in [1.54, 1.807) is 0 Å². The van der Waals surface area contributed by atoms with Gasteiger partial charge in [-0.3, -0.25) is 4.79 Å². The van der Waals surface area contributed by atoms with Gasteiger partial charge in [0.05, 0.1) is 0 Å². The van der Waals surface area contributed by atoms with Gasteiger partial charge in [-0.05, 0) is 61.9 Å². The molecule has 0 aromatic heterocycles. The Morgan fingerprint density at radius 3 is 2.80 bits per heavy atom. The lowest BCUT2D eigenvalue weighted by atomic mass is 10.0. The lowest BCUT2D eigenvalue weighted by Crippen LogP contribution is -2.36. The highest BCUT2D eigenvalue weighted by atomic mass is 16.2. The van der Waals surface area contributed by atoms with Crippen molar-refractivity contribution in [3.8, 4) is 0 Å². The standard InChI is InChI=1S/C22H30N2O/c1-17(15-18-12-13-19-7-3-4-8-20(19)16-18)24(2)22(25)11-5-9-21-10-6-14-23-21/h3-4,7-8,12-13,16-17,21,23H,5-6,9-11,14-15H2,1-2H3/t17-,21?/m0/s1. The van der Waals surface area contributed by atoms with E-state index in [0.717, 1.165) is 25.8 Å². The van der Waals surface area contributed by atoms with Crippen molar-refractivity contribution >= 4 is 16.7 Å². The second kappa shape index (κ2) is 8.48. The molecule has 0 radical (unpaired) electrons. The number of carbonyl (C=O) groups excluding carboxylic acids is 1. The second-order valence-corrected chi connectivity index (χ2v) is 7.42. The molecule has 1 amide bonds. The lowest BCUT2D eigenvalue weighted by molar-refractivity contribution is -0.131. The van der Waals surface area contributed by atoms with Gasteiger partial charge in [0.1, 0.15) is 0 Å². The minimum Gasteiger partial charge on any atom is -0.343 e. The summed E-state index contributed by atoms with van der Waals surface area (Å²) in [6.45, 7) is 3.28. The summed E-state index contributed by atoms with van der Waals surface area (Å²) in [6.07, 6.45) is 6.22. The largest absolute Gasteiger partial charge is 0.343 e. The summed E-state index contributed by atoms with van der Waals surface area (Å²) >= 11 is 0. The van der Waals surface area contributed by atoms with Crippen LogP contribution in [0.15, 0.2) is 42.5 Å². The van der Waals surface area contributed by atoms with Crippen molar-refractivity contribution in [3.63, 3.8) is 0 Å². The van der Waals surface area contributed by atoms with E-state index in [1.165, 1.54) is 29.2 Å². The summed E-state index contributed by atoms with van der Waals surface area (Å²) in [7, 11) is 1.95. The smallest absolute Gasteiger partial charge is 0.222 e. The third-order valence-electron chi connectivity index (χ3n) is 5.51. The molecule has 1 heterocycles. The monoisotopic (exact) mass is 338 g/mol. The van der Waals surface area contributed by atoms with Crippen molar-refractivity contribution in [1.82, 2.24) is 10.2 Å². The second-order valence-electron chi connectivity index (χ2n) is 7.42. The van der Waals surface area contributed by atoms with Crippen molar-refractivity contribution < 1.29 is 4.79 Å². The highest BCUT2D eigenvalue weighted by Gasteiger charge is 2.18. The zero-order valence-electron chi connectivity index (χ0n) is 15.5. The number of nitrogens with one attached hydrogen (secondary N) is 1. The summed E-state index contributed by atoms with van der Waals surface area (Å²) in [5.41, 5.74) is 1.29. The van der Waals surface area contributed by atoms with E-state index in [-0.39, 0.29) is 11.9 Å². The minimum atomic E-state index is 0.221. The normalized spacial score (nSPS) is 18.4. The number of benzene rings is 2. The third-order valence-corrected chi connectivity index (χ3v) is 5.51. The predicted molar refractivity (Wildman–Crippen MR) is 105 cm³/mol. The van der Waals surface area contributed by atoms with Crippen LogP contribution in [0.4, 0.5) is 0 Å². The van der Waals surface area contributed by atoms with Crippen molar-refractivity contribution in [2.45, 2.75) is 57.5 Å². The van der Waals surface area contributed by atoms with Crippen LogP contribution in [0.5, 0.6) is 0 Å². The van der Waals surface area contributed by atoms with E-state index in [2.05, 4.69) is 54.7 Å². The predicted octanol–water partition coefficient (Wildman–Crippen LogP) is 4.15. The number of hydrogen-bond donors (Lipinski definition) is 1. The Kier molecular flexibility index (Phi) is 6.09. The topological polar surface area (TPSA) is 32.3 Å². The van der Waals surface area contributed by atoms with Gasteiger partial charge in [-0.1, -0.05) is 42.5 Å². The average molecular weight is 338 g/mol. The van der Waals surface area contributed by atoms with Gasteiger partial charge in [-0.25, -0.2) is 0 Å². The Hall–Kier alpha value is -1.87. The maximum absolute atomic E-state index is 12.5. The molecule has 2 atom stereocenters. The summed E-state index contributed by atoms with van der Waals surface area (Å²) in [5, 5.41) is 6.04. The number of likely N-dealkylation sites (N-methyl/N-ethyl adjacent to an activating group) is 1. The van der Waals surface area contributed by atoms with Crippen LogP contribution >= 0.6 is 0 Å². The number of fused-ring (bicyclic) bond motifs is 1. The van der Waals surface area contributed by atoms with E-state index in [9.17, 15) is 4.79 Å². The Labute approximate surface area is 151 Å². The maximum Gasteiger partial charge on any atom is 0.222 e. The molecule has 0 spiro atoms. The van der Waals surface area contributed by atoms with Crippen LogP contribution in [-0.4, -0.2) is 36.5 Å². The van der Waals surface area contributed by atoms with Gasteiger partial charge in [0.25, 0.3) is 0 Å². The summed E-state index contributed by atoms with van der Waals surface area (Å²) in [5.74, 6) is 0.270. The van der Waals surface area contributed by atoms with Gasteiger partial charge >= 0.3 is 0 Å². The van der Waals surface area contributed by atoms with Crippen LogP contribution in [0, 0.1) is 0 Å². The van der Waals surface area contributed by atoms with Crippen molar-refractivity contribution in [2.75, 3.05) is 13.6 Å². The van der Waals surface area contributed by atoms with E-state index >= 15 is 0 Å². The Balaban J connectivity index is 1.50. The lowest BCUT2D eigenvalue weighted by Gasteiger charge is -2.25. The van der Waals surface area contributed by atoms with E-state index in [4.69, 9.17) is 0 Å². The molecule has 134 valence electrons. The van der Waals surface area contributed by atoms with E-state index in [0.29, 0.717) is 12.5 Å². The Morgan fingerprint density at radius 1 is 1.24 bits per heavy atom. The molecule has 1 saturated heterocycles. The van der Waals surface area contributed by atoms with Crippen LogP contribution < -0.4 is 5.32 Å². The molecule has 1 unspecified atom stereocenters. The maximum atomic E-state index is 12.5. The van der Waals surface area contributed by atoms with Crippen LogP contribution in [0.25, 0.3) is 10.8 Å². The zero-order valence-corrected chi connectivity index (χ0v) is 15.5. The summed E-state index contributed by atoms with van der Waals surface area (Å²) in [4.78, 5) is 14.4. The molecule has 2 aromatic rings. The molecule has 1 fully saturated rings. The first kappa shape index (κ1) is 17.9. The van der Waals surface area contributed by atoms with Crippen LogP contribution in [0.1, 0.15) is 44.6 Å². The van der Waals surface area contributed by atoms with Crippen LogP contribution in [0.2, 0.25) is 0 Å². The molecule has 1 aliphatic heterocycles. The highest BCUT2D eigenvalue weighted by molar-refractivity contribution is 5.83. The van der Waals surface area contributed by atoms with Gasteiger partial charge in [0.15, 0.2) is 0 Å². The quantitative estimate of drug-likeness (QED) is 0.822. The Morgan fingerprint density at radius 2 is 2.04 bits per heavy atom. The first-order valence-electron chi connectivity index (χ1n) is 9.60. The molecule has 3 nitrogen and oxygen atoms in total. The van der Waals surface area contributed by atoms with Gasteiger partial charge in [0, 0.05) is 25.6 Å². The van der Waals surface area contributed by atoms with Crippen LogP contribution in [-0.2, 0) is 11.2 Å². The van der Waals surface area contributed by atoms with E-state index in [1.807, 2.05) is 11.9 Å². The first-order chi connectivity index (χ1) is 12.1. The minimum absolute atomic E-state index is 0.221. The average Bonchev–Trinajstić information content (AvgIpc) is 3.14. The highest BCUT2D eigenvalue weighted by Crippen LogP contribution is 2.18. The third kappa shape index (κ3) is 4.82. The van der Waals surface area contributed by atoms with Crippen molar-refractivity contribution in [2.24, 2.45) is 0 Å². The van der Waals surface area contributed by atoms with E-state index < -0.39 is 0 Å². The van der Waals surface area contributed by atoms with Crippen LogP contribution in [0.3, 0.4) is 0 Å². The van der Waals surface area contributed by atoms with Gasteiger partial charge in [-0.15, -0.1) is 0 Å². The number of carbonyl (C=O) groups is 1. The first-order valence-corrected chi connectivity index (χ1v) is 9.60. The van der Waals surface area contributed by atoms with Gasteiger partial charge < -0.3 is 10.2 Å². The SMILES string of the molecule is C[C@@H](Cc1ccc2ccccc2c1)N(C)C(=O)CCCC1CCCN1. The number of nitrogens with zero attached hydrogens (tertiary/aromatic N) is 1. The molecule has 0 aliphatic carbocycles. The van der Waals surface area contributed by atoms with Gasteiger partial charge in [-0.2, -0.15) is 0 Å². The molecule has 3 rings (SSSR count). The fraction of sp³-hybridized carbons (Fsp3) is 0.500. The number of rotatable bonds is 7. The number of amides is 1. The summed E-state index contributed by atoms with van der Waals surface area (Å²) in [6, 6.07) is 15.9. The fourth-order valence-corrected chi connectivity index (χ4v) is 3.77. The summed E-state index contributed by atoms with van der Waals surface area (Å²) < 4.78 is 0. The number of hydrogen-bond acceptors (Lipinski definition) is 2. The molecule has 2 aromatic carbocycles. The molecule has 1 aliphatic rings. The zero-order chi connectivity index (χ0) is 17.6. The molecule has 0 bridgehead atoms. The van der Waals surface area contributed by atoms with Crippen molar-refractivity contribution in [1.29, 1.82) is 0 Å². The fourth-order valence-electron chi connectivity index (χ4n) is 3.77. The van der Waals surface area contributed by atoms with Gasteiger partial charge in [0.2, 0.25) is 5.91 Å². The molecule has 3 heteroatoms.